The van der Waals surface area contributed by atoms with Crippen LogP contribution in [0.5, 0.6) is 0 Å². The van der Waals surface area contributed by atoms with Crippen LogP contribution in [0, 0.1) is 0 Å². The molecule has 8 heteroatoms. The van der Waals surface area contributed by atoms with E-state index >= 15 is 0 Å². The van der Waals surface area contributed by atoms with E-state index < -0.39 is 16.0 Å². The lowest BCUT2D eigenvalue weighted by molar-refractivity contribution is 0.0696. The van der Waals surface area contributed by atoms with E-state index in [9.17, 15) is 13.2 Å². The molecule has 0 aliphatic carbocycles. The fourth-order valence-electron chi connectivity index (χ4n) is 2.49. The molecule has 1 aliphatic rings. The molecule has 7 nitrogen and oxygen atoms in total. The molecule has 0 saturated carbocycles. The van der Waals surface area contributed by atoms with E-state index in [1.54, 1.807) is 0 Å². The van der Waals surface area contributed by atoms with Gasteiger partial charge in [0.05, 0.1) is 5.56 Å². The third kappa shape index (κ3) is 3.78. The van der Waals surface area contributed by atoms with Gasteiger partial charge >= 0.3 is 5.97 Å². The molecule has 0 bridgehead atoms. The Balaban J connectivity index is 2.02. The first-order valence-corrected chi connectivity index (χ1v) is 8.35. The topological polar surface area (TPSA) is 99.6 Å². The highest BCUT2D eigenvalue weighted by molar-refractivity contribution is 7.89. The maximum Gasteiger partial charge on any atom is 0.337 e. The predicted molar refractivity (Wildman–Crippen MR) is 76.7 cm³/mol. The molecule has 0 aromatic carbocycles. The van der Waals surface area contributed by atoms with Gasteiger partial charge in [-0.2, -0.15) is 0 Å². The van der Waals surface area contributed by atoms with Gasteiger partial charge in [-0.1, -0.05) is 6.92 Å². The van der Waals surface area contributed by atoms with E-state index in [1.807, 2.05) is 0 Å². The largest absolute Gasteiger partial charge is 0.478 e. The van der Waals surface area contributed by atoms with E-state index in [1.165, 1.54) is 12.1 Å². The zero-order valence-corrected chi connectivity index (χ0v) is 12.6. The normalized spacial score (nSPS) is 19.8. The van der Waals surface area contributed by atoms with E-state index in [0.29, 0.717) is 6.54 Å². The van der Waals surface area contributed by atoms with Crippen molar-refractivity contribution in [3.63, 3.8) is 0 Å². The molecule has 1 atom stereocenters. The van der Waals surface area contributed by atoms with Gasteiger partial charge in [0.1, 0.15) is 0 Å². The van der Waals surface area contributed by atoms with Crippen molar-refractivity contribution >= 4 is 16.0 Å². The number of likely N-dealkylation sites (N-methyl/N-ethyl adjacent to an activating group) is 1. The average Bonchev–Trinajstić information content (AvgIpc) is 2.93. The van der Waals surface area contributed by atoms with Crippen molar-refractivity contribution < 1.29 is 18.3 Å². The summed E-state index contributed by atoms with van der Waals surface area (Å²) in [5, 5.41) is 8.61. The molecule has 1 aliphatic heterocycles. The Morgan fingerprint density at radius 2 is 2.29 bits per heavy atom. The Morgan fingerprint density at radius 3 is 2.86 bits per heavy atom. The van der Waals surface area contributed by atoms with Gasteiger partial charge in [0.15, 0.2) is 5.03 Å². The Morgan fingerprint density at radius 1 is 1.52 bits per heavy atom. The third-order valence-corrected chi connectivity index (χ3v) is 5.01. The molecule has 0 amide bonds. The number of aromatic nitrogens is 1. The maximum absolute atomic E-state index is 12.1. The molecule has 1 saturated heterocycles. The molecule has 0 spiro atoms. The number of sulfonamides is 1. The summed E-state index contributed by atoms with van der Waals surface area (Å²) in [6.45, 7) is 4.30. The number of nitrogens with one attached hydrogen (secondary N) is 1. The number of pyridine rings is 1. The highest BCUT2D eigenvalue weighted by atomic mass is 32.2. The van der Waals surface area contributed by atoms with Gasteiger partial charge in [0.2, 0.25) is 0 Å². The SMILES string of the molecule is CCN1CCCC1CNS(=O)(=O)c1ccc(C(=O)O)cn1. The minimum absolute atomic E-state index is 0.0399. The van der Waals surface area contributed by atoms with Gasteiger partial charge in [-0.25, -0.2) is 22.9 Å². The summed E-state index contributed by atoms with van der Waals surface area (Å²) >= 11 is 0. The van der Waals surface area contributed by atoms with Crippen LogP contribution in [0.25, 0.3) is 0 Å². The highest BCUT2D eigenvalue weighted by Gasteiger charge is 2.25. The van der Waals surface area contributed by atoms with Crippen LogP contribution in [0.4, 0.5) is 0 Å². The van der Waals surface area contributed by atoms with Gasteiger partial charge in [0.25, 0.3) is 10.0 Å². The van der Waals surface area contributed by atoms with E-state index in [-0.39, 0.29) is 16.6 Å². The number of carboxylic acid groups (broad SMARTS) is 1. The molecule has 116 valence electrons. The molecule has 2 N–H and O–H groups in total. The molecule has 1 aromatic heterocycles. The van der Waals surface area contributed by atoms with Crippen LogP contribution in [0.3, 0.4) is 0 Å². The standard InChI is InChI=1S/C13H19N3O4S/c1-2-16-7-3-4-11(16)9-15-21(19,20)12-6-5-10(8-14-12)13(17)18/h5-6,8,11,15H,2-4,7,9H2,1H3,(H,17,18). The first-order chi connectivity index (χ1) is 9.94. The number of rotatable bonds is 6. The maximum atomic E-state index is 12.1. The van der Waals surface area contributed by atoms with Crippen LogP contribution < -0.4 is 4.72 Å². The minimum Gasteiger partial charge on any atom is -0.478 e. The molecule has 1 aromatic rings. The lowest BCUT2D eigenvalue weighted by atomic mass is 10.2. The second-order valence-electron chi connectivity index (χ2n) is 4.97. The Kier molecular flexibility index (Phi) is 4.92. The molecule has 1 fully saturated rings. The first-order valence-electron chi connectivity index (χ1n) is 6.87. The summed E-state index contributed by atoms with van der Waals surface area (Å²) in [5.41, 5.74) is -0.0399. The molecular formula is C13H19N3O4S. The second-order valence-corrected chi connectivity index (χ2v) is 6.68. The van der Waals surface area contributed by atoms with Crippen molar-refractivity contribution in [1.29, 1.82) is 0 Å². The summed E-state index contributed by atoms with van der Waals surface area (Å²) in [4.78, 5) is 16.7. The van der Waals surface area contributed by atoms with Crippen LogP contribution in [-0.2, 0) is 10.0 Å². The van der Waals surface area contributed by atoms with E-state index in [4.69, 9.17) is 5.11 Å². The van der Waals surface area contributed by atoms with Crippen molar-refractivity contribution in [2.75, 3.05) is 19.6 Å². The number of aromatic carboxylic acids is 1. The highest BCUT2D eigenvalue weighted by Crippen LogP contribution is 2.16. The Bertz CT molecular complexity index is 600. The third-order valence-electron chi connectivity index (χ3n) is 3.67. The molecule has 2 heterocycles. The zero-order chi connectivity index (χ0) is 15.5. The fourth-order valence-corrected chi connectivity index (χ4v) is 3.49. The van der Waals surface area contributed by atoms with Gasteiger partial charge in [-0.3, -0.25) is 4.90 Å². The van der Waals surface area contributed by atoms with Crippen LogP contribution >= 0.6 is 0 Å². The number of likely N-dealkylation sites (tertiary alicyclic amines) is 1. The van der Waals surface area contributed by atoms with Gasteiger partial charge in [0, 0.05) is 18.8 Å². The fraction of sp³-hybridized carbons (Fsp3) is 0.538. The van der Waals surface area contributed by atoms with Crippen LogP contribution in [0.15, 0.2) is 23.4 Å². The quantitative estimate of drug-likeness (QED) is 0.795. The Labute approximate surface area is 124 Å². The lowest BCUT2D eigenvalue weighted by Crippen LogP contribution is -2.40. The number of hydrogen-bond acceptors (Lipinski definition) is 5. The lowest BCUT2D eigenvalue weighted by Gasteiger charge is -2.22. The summed E-state index contributed by atoms with van der Waals surface area (Å²) in [6.07, 6.45) is 3.10. The number of carbonyl (C=O) groups is 1. The van der Waals surface area contributed by atoms with E-state index in [2.05, 4.69) is 21.5 Å². The minimum atomic E-state index is -3.70. The molecule has 2 rings (SSSR count). The van der Waals surface area contributed by atoms with Gasteiger partial charge < -0.3 is 5.11 Å². The first kappa shape index (κ1) is 15.9. The number of carboxylic acids is 1. The summed E-state index contributed by atoms with van der Waals surface area (Å²) < 4.78 is 26.8. The number of hydrogen-bond donors (Lipinski definition) is 2. The zero-order valence-electron chi connectivity index (χ0n) is 11.8. The van der Waals surface area contributed by atoms with Crippen molar-refractivity contribution in [3.05, 3.63) is 23.9 Å². The van der Waals surface area contributed by atoms with Gasteiger partial charge in [-0.05, 0) is 38.1 Å². The van der Waals surface area contributed by atoms with Crippen LogP contribution in [0.2, 0.25) is 0 Å². The molecule has 1 unspecified atom stereocenters. The number of nitrogens with zero attached hydrogens (tertiary/aromatic N) is 2. The van der Waals surface area contributed by atoms with Crippen molar-refractivity contribution in [2.45, 2.75) is 30.8 Å². The second kappa shape index (κ2) is 6.50. The summed E-state index contributed by atoms with van der Waals surface area (Å²) in [5.74, 6) is -1.14. The van der Waals surface area contributed by atoms with Crippen LogP contribution in [0.1, 0.15) is 30.1 Å². The molecule has 0 radical (unpaired) electrons. The average molecular weight is 313 g/mol. The van der Waals surface area contributed by atoms with E-state index in [0.717, 1.165) is 32.1 Å². The molecular weight excluding hydrogens is 294 g/mol. The summed E-state index contributed by atoms with van der Waals surface area (Å²) in [7, 11) is -3.70. The summed E-state index contributed by atoms with van der Waals surface area (Å²) in [6, 6.07) is 2.65. The van der Waals surface area contributed by atoms with Crippen molar-refractivity contribution in [1.82, 2.24) is 14.6 Å². The molecule has 21 heavy (non-hydrogen) atoms. The van der Waals surface area contributed by atoms with Gasteiger partial charge in [-0.15, -0.1) is 0 Å². The van der Waals surface area contributed by atoms with Crippen molar-refractivity contribution in [3.8, 4) is 0 Å². The Hall–Kier alpha value is -1.51. The van der Waals surface area contributed by atoms with Crippen molar-refractivity contribution in [2.24, 2.45) is 0 Å². The van der Waals surface area contributed by atoms with Crippen LogP contribution in [-0.4, -0.2) is 55.1 Å². The predicted octanol–water partition coefficient (Wildman–Crippen LogP) is 0.542. The smallest absolute Gasteiger partial charge is 0.337 e. The monoisotopic (exact) mass is 313 g/mol.